The SMILES string of the molecule is O=C(c1cccc(S(=O)(=O)Nc2cccc(Cl)c2)c1)N1CCN(c2ccncc2)CC1. The quantitative estimate of drug-likeness (QED) is 0.635. The summed E-state index contributed by atoms with van der Waals surface area (Å²) >= 11 is 5.93. The van der Waals surface area contributed by atoms with Gasteiger partial charge < -0.3 is 9.80 Å². The second-order valence-electron chi connectivity index (χ2n) is 7.13. The fourth-order valence-corrected chi connectivity index (χ4v) is 4.75. The predicted octanol–water partition coefficient (Wildman–Crippen LogP) is 3.50. The first kappa shape index (κ1) is 21.1. The highest BCUT2D eigenvalue weighted by Crippen LogP contribution is 2.21. The number of carbonyl (C=O) groups is 1. The number of nitrogens with one attached hydrogen (secondary N) is 1. The molecule has 7 nitrogen and oxygen atoms in total. The number of hydrogen-bond donors (Lipinski definition) is 1. The van der Waals surface area contributed by atoms with Gasteiger partial charge in [-0.15, -0.1) is 0 Å². The molecule has 1 aliphatic heterocycles. The van der Waals surface area contributed by atoms with Crippen LogP contribution in [0.2, 0.25) is 5.02 Å². The Morgan fingerprint density at radius 1 is 0.935 bits per heavy atom. The highest BCUT2D eigenvalue weighted by atomic mass is 35.5. The normalized spacial score (nSPS) is 14.4. The molecular weight excluding hydrogens is 436 g/mol. The van der Waals surface area contributed by atoms with Gasteiger partial charge >= 0.3 is 0 Å². The number of nitrogens with zero attached hydrogens (tertiary/aromatic N) is 3. The van der Waals surface area contributed by atoms with E-state index in [1.165, 1.54) is 18.2 Å². The molecule has 9 heteroatoms. The van der Waals surface area contributed by atoms with Crippen LogP contribution in [-0.4, -0.2) is 50.4 Å². The smallest absolute Gasteiger partial charge is 0.261 e. The van der Waals surface area contributed by atoms with Crippen LogP contribution in [0.25, 0.3) is 0 Å². The first-order valence-corrected chi connectivity index (χ1v) is 11.6. The molecule has 1 N–H and O–H groups in total. The van der Waals surface area contributed by atoms with Gasteiger partial charge in [0, 0.05) is 54.8 Å². The highest BCUT2D eigenvalue weighted by molar-refractivity contribution is 7.92. The van der Waals surface area contributed by atoms with Crippen LogP contribution in [0.5, 0.6) is 0 Å². The van der Waals surface area contributed by atoms with Crippen molar-refractivity contribution in [3.8, 4) is 0 Å². The molecule has 0 spiro atoms. The molecule has 0 saturated carbocycles. The van der Waals surface area contributed by atoms with Gasteiger partial charge in [0.25, 0.3) is 15.9 Å². The van der Waals surface area contributed by atoms with Crippen molar-refractivity contribution >= 4 is 38.9 Å². The third-order valence-electron chi connectivity index (χ3n) is 5.06. The van der Waals surface area contributed by atoms with E-state index in [0.717, 1.165) is 5.69 Å². The molecule has 0 radical (unpaired) electrons. The third kappa shape index (κ3) is 4.98. The Morgan fingerprint density at radius 3 is 2.35 bits per heavy atom. The molecule has 31 heavy (non-hydrogen) atoms. The van der Waals surface area contributed by atoms with E-state index in [2.05, 4.69) is 14.6 Å². The minimum absolute atomic E-state index is 0.0220. The molecule has 1 aliphatic rings. The standard InChI is InChI=1S/C22H21ClN4O3S/c23-18-4-2-5-19(16-18)25-31(29,30)21-6-1-3-17(15-21)22(28)27-13-11-26(12-14-27)20-7-9-24-10-8-20/h1-10,15-16,25H,11-14H2. The average molecular weight is 457 g/mol. The van der Waals surface area contributed by atoms with Crippen molar-refractivity contribution in [2.24, 2.45) is 0 Å². The maximum atomic E-state index is 13.0. The van der Waals surface area contributed by atoms with Crippen molar-refractivity contribution in [1.29, 1.82) is 0 Å². The summed E-state index contributed by atoms with van der Waals surface area (Å²) in [6.07, 6.45) is 3.49. The third-order valence-corrected chi connectivity index (χ3v) is 6.68. The molecule has 1 saturated heterocycles. The minimum Gasteiger partial charge on any atom is -0.368 e. The number of amides is 1. The number of piperazine rings is 1. The molecule has 1 amide bonds. The zero-order chi connectivity index (χ0) is 21.8. The Bertz CT molecular complexity index is 1180. The van der Waals surface area contributed by atoms with Gasteiger partial charge in [0.05, 0.1) is 10.6 Å². The molecule has 1 aromatic heterocycles. The summed E-state index contributed by atoms with van der Waals surface area (Å²) in [4.78, 5) is 21.0. The van der Waals surface area contributed by atoms with E-state index in [-0.39, 0.29) is 10.8 Å². The molecule has 160 valence electrons. The summed E-state index contributed by atoms with van der Waals surface area (Å²) in [5.74, 6) is -0.186. The van der Waals surface area contributed by atoms with Crippen LogP contribution in [0.15, 0.2) is 78.0 Å². The molecule has 3 aromatic rings. The topological polar surface area (TPSA) is 82.6 Å². The van der Waals surface area contributed by atoms with Gasteiger partial charge in [-0.05, 0) is 48.5 Å². The van der Waals surface area contributed by atoms with Gasteiger partial charge in [-0.1, -0.05) is 23.7 Å². The molecule has 0 bridgehead atoms. The molecule has 1 fully saturated rings. The zero-order valence-corrected chi connectivity index (χ0v) is 18.2. The van der Waals surface area contributed by atoms with Crippen LogP contribution in [-0.2, 0) is 10.0 Å². The van der Waals surface area contributed by atoms with Crippen molar-refractivity contribution < 1.29 is 13.2 Å². The van der Waals surface area contributed by atoms with E-state index < -0.39 is 10.0 Å². The summed E-state index contributed by atoms with van der Waals surface area (Å²) in [6, 6.07) is 16.4. The zero-order valence-electron chi connectivity index (χ0n) is 16.6. The predicted molar refractivity (Wildman–Crippen MR) is 121 cm³/mol. The van der Waals surface area contributed by atoms with Crippen LogP contribution in [0.4, 0.5) is 11.4 Å². The van der Waals surface area contributed by atoms with Crippen LogP contribution < -0.4 is 9.62 Å². The van der Waals surface area contributed by atoms with Gasteiger partial charge in [0.1, 0.15) is 0 Å². The van der Waals surface area contributed by atoms with E-state index in [1.807, 2.05) is 12.1 Å². The fourth-order valence-electron chi connectivity index (χ4n) is 3.47. The van der Waals surface area contributed by atoms with Crippen molar-refractivity contribution in [1.82, 2.24) is 9.88 Å². The van der Waals surface area contributed by atoms with Crippen LogP contribution in [0.3, 0.4) is 0 Å². The summed E-state index contributed by atoms with van der Waals surface area (Å²) in [6.45, 7) is 2.51. The fraction of sp³-hybridized carbons (Fsp3) is 0.182. The van der Waals surface area contributed by atoms with Gasteiger partial charge in [0.15, 0.2) is 0 Å². The highest BCUT2D eigenvalue weighted by Gasteiger charge is 2.24. The number of anilines is 2. The number of hydrogen-bond acceptors (Lipinski definition) is 5. The molecule has 2 heterocycles. The maximum Gasteiger partial charge on any atom is 0.261 e. The minimum atomic E-state index is -3.86. The lowest BCUT2D eigenvalue weighted by Gasteiger charge is -2.36. The number of benzene rings is 2. The molecule has 0 aliphatic carbocycles. The van der Waals surface area contributed by atoms with E-state index in [4.69, 9.17) is 11.6 Å². The monoisotopic (exact) mass is 456 g/mol. The first-order valence-electron chi connectivity index (χ1n) is 9.75. The van der Waals surface area contributed by atoms with E-state index in [9.17, 15) is 13.2 Å². The molecule has 0 atom stereocenters. The van der Waals surface area contributed by atoms with E-state index in [1.54, 1.807) is 47.6 Å². The van der Waals surface area contributed by atoms with Gasteiger partial charge in [-0.3, -0.25) is 14.5 Å². The molecule has 4 rings (SSSR count). The maximum absolute atomic E-state index is 13.0. The van der Waals surface area contributed by atoms with Crippen molar-refractivity contribution in [3.05, 3.63) is 83.6 Å². The number of halogens is 1. The molecule has 2 aromatic carbocycles. The first-order chi connectivity index (χ1) is 14.9. The summed E-state index contributed by atoms with van der Waals surface area (Å²) in [5, 5.41) is 0.426. The number of aromatic nitrogens is 1. The lowest BCUT2D eigenvalue weighted by Crippen LogP contribution is -2.48. The van der Waals surface area contributed by atoms with Gasteiger partial charge in [-0.2, -0.15) is 0 Å². The molecule has 0 unspecified atom stereocenters. The Balaban J connectivity index is 1.46. The van der Waals surface area contributed by atoms with Crippen LogP contribution in [0.1, 0.15) is 10.4 Å². The Labute approximate surface area is 186 Å². The lowest BCUT2D eigenvalue weighted by molar-refractivity contribution is 0.0746. The van der Waals surface area contributed by atoms with Gasteiger partial charge in [-0.25, -0.2) is 8.42 Å². The number of rotatable bonds is 5. The number of pyridine rings is 1. The Morgan fingerprint density at radius 2 is 1.65 bits per heavy atom. The summed E-state index contributed by atoms with van der Waals surface area (Å²) < 4.78 is 28.0. The van der Waals surface area contributed by atoms with Crippen molar-refractivity contribution in [2.75, 3.05) is 35.8 Å². The largest absolute Gasteiger partial charge is 0.368 e. The van der Waals surface area contributed by atoms with Crippen LogP contribution in [0, 0.1) is 0 Å². The van der Waals surface area contributed by atoms with Crippen molar-refractivity contribution in [3.63, 3.8) is 0 Å². The number of sulfonamides is 1. The Kier molecular flexibility index (Phi) is 6.11. The summed E-state index contributed by atoms with van der Waals surface area (Å²) in [7, 11) is -3.86. The molecular formula is C22H21ClN4O3S. The second-order valence-corrected chi connectivity index (χ2v) is 9.25. The van der Waals surface area contributed by atoms with Gasteiger partial charge in [0.2, 0.25) is 0 Å². The lowest BCUT2D eigenvalue weighted by atomic mass is 10.1. The Hall–Kier alpha value is -3.10. The number of carbonyl (C=O) groups excluding carboxylic acids is 1. The van der Waals surface area contributed by atoms with Crippen molar-refractivity contribution in [2.45, 2.75) is 4.90 Å². The van der Waals surface area contributed by atoms with E-state index >= 15 is 0 Å². The average Bonchev–Trinajstić information content (AvgIpc) is 2.79. The van der Waals surface area contributed by atoms with E-state index in [0.29, 0.717) is 42.5 Å². The second kappa shape index (κ2) is 8.95. The summed E-state index contributed by atoms with van der Waals surface area (Å²) in [5.41, 5.74) is 1.77. The van der Waals surface area contributed by atoms with Crippen LogP contribution >= 0.6 is 11.6 Å².